The van der Waals surface area contributed by atoms with Gasteiger partial charge in [-0.1, -0.05) is 6.07 Å². The van der Waals surface area contributed by atoms with Gasteiger partial charge in [0.2, 0.25) is 0 Å². The molecule has 0 spiro atoms. The maximum Gasteiger partial charge on any atom is 0.165 e. The second-order valence-electron chi connectivity index (χ2n) is 3.76. The van der Waals surface area contributed by atoms with Crippen molar-refractivity contribution in [2.75, 3.05) is 6.61 Å². The Labute approximate surface area is 100 Å². The summed E-state index contributed by atoms with van der Waals surface area (Å²) in [6.45, 7) is 4.22. The summed E-state index contributed by atoms with van der Waals surface area (Å²) in [7, 11) is 0. The van der Waals surface area contributed by atoms with Gasteiger partial charge in [-0.15, -0.1) is 0 Å². The average Bonchev–Trinajstić information content (AvgIpc) is 2.32. The van der Waals surface area contributed by atoms with Gasteiger partial charge in [0.1, 0.15) is 0 Å². The highest BCUT2D eigenvalue weighted by atomic mass is 19.1. The van der Waals surface area contributed by atoms with Gasteiger partial charge < -0.3 is 4.74 Å². The van der Waals surface area contributed by atoms with Crippen LogP contribution in [0.3, 0.4) is 0 Å². The van der Waals surface area contributed by atoms with Crippen molar-refractivity contribution in [2.45, 2.75) is 13.8 Å². The molecule has 88 valence electrons. The fourth-order valence-electron chi connectivity index (χ4n) is 1.67. The van der Waals surface area contributed by atoms with Crippen molar-refractivity contribution < 1.29 is 9.13 Å². The number of ether oxygens (including phenoxy) is 1. The Morgan fingerprint density at radius 1 is 1.18 bits per heavy atom. The van der Waals surface area contributed by atoms with Crippen LogP contribution in [0.25, 0.3) is 11.1 Å². The smallest absolute Gasteiger partial charge is 0.165 e. The fraction of sp³-hybridized carbons (Fsp3) is 0.214. The predicted octanol–water partition coefficient (Wildman–Crippen LogP) is 3.59. The lowest BCUT2D eigenvalue weighted by Crippen LogP contribution is -1.95. The first-order chi connectivity index (χ1) is 8.20. The largest absolute Gasteiger partial charge is 0.491 e. The Morgan fingerprint density at radius 2 is 1.94 bits per heavy atom. The van der Waals surface area contributed by atoms with Gasteiger partial charge >= 0.3 is 0 Å². The molecule has 0 aliphatic heterocycles. The number of hydrogen-bond acceptors (Lipinski definition) is 2. The number of halogens is 1. The molecule has 0 unspecified atom stereocenters. The van der Waals surface area contributed by atoms with E-state index in [4.69, 9.17) is 4.74 Å². The Kier molecular flexibility index (Phi) is 3.38. The van der Waals surface area contributed by atoms with Gasteiger partial charge in [0.05, 0.1) is 6.61 Å². The van der Waals surface area contributed by atoms with E-state index >= 15 is 0 Å². The van der Waals surface area contributed by atoms with E-state index in [2.05, 4.69) is 4.98 Å². The van der Waals surface area contributed by atoms with Crippen molar-refractivity contribution in [1.29, 1.82) is 0 Å². The molecule has 2 aromatic rings. The standard InChI is InChI=1S/C14H14FNO/c1-3-17-14-9-11(4-5-13(14)15)12-6-7-16-10(2)8-12/h4-9H,3H2,1-2H3. The highest BCUT2D eigenvalue weighted by Crippen LogP contribution is 2.26. The molecule has 1 aromatic heterocycles. The summed E-state index contributed by atoms with van der Waals surface area (Å²) in [6.07, 6.45) is 1.74. The molecular formula is C14H14FNO. The van der Waals surface area contributed by atoms with Crippen LogP contribution in [0, 0.1) is 12.7 Å². The van der Waals surface area contributed by atoms with Gasteiger partial charge in [-0.2, -0.15) is 0 Å². The molecule has 1 heterocycles. The van der Waals surface area contributed by atoms with Crippen LogP contribution >= 0.6 is 0 Å². The molecular weight excluding hydrogens is 217 g/mol. The Balaban J connectivity index is 2.42. The van der Waals surface area contributed by atoms with Crippen molar-refractivity contribution >= 4 is 0 Å². The summed E-state index contributed by atoms with van der Waals surface area (Å²) < 4.78 is 18.7. The van der Waals surface area contributed by atoms with Crippen LogP contribution in [0.4, 0.5) is 4.39 Å². The highest BCUT2D eigenvalue weighted by Gasteiger charge is 2.06. The molecule has 1 aromatic carbocycles. The number of benzene rings is 1. The summed E-state index contributed by atoms with van der Waals surface area (Å²) in [5.74, 6) is -0.0409. The molecule has 0 atom stereocenters. The SMILES string of the molecule is CCOc1cc(-c2ccnc(C)c2)ccc1F. The van der Waals surface area contributed by atoms with Crippen molar-refractivity contribution in [1.82, 2.24) is 4.98 Å². The van der Waals surface area contributed by atoms with Crippen LogP contribution in [-0.2, 0) is 0 Å². The minimum atomic E-state index is -0.332. The first kappa shape index (κ1) is 11.6. The number of hydrogen-bond donors (Lipinski definition) is 0. The molecule has 2 nitrogen and oxygen atoms in total. The topological polar surface area (TPSA) is 22.1 Å². The Morgan fingerprint density at radius 3 is 2.65 bits per heavy atom. The molecule has 0 saturated carbocycles. The van der Waals surface area contributed by atoms with E-state index in [0.29, 0.717) is 12.4 Å². The number of nitrogens with zero attached hydrogens (tertiary/aromatic N) is 1. The van der Waals surface area contributed by atoms with E-state index in [1.54, 1.807) is 18.3 Å². The van der Waals surface area contributed by atoms with Crippen molar-refractivity contribution in [3.05, 3.63) is 48.0 Å². The summed E-state index contributed by atoms with van der Waals surface area (Å²) in [5.41, 5.74) is 2.88. The lowest BCUT2D eigenvalue weighted by atomic mass is 10.1. The summed E-state index contributed by atoms with van der Waals surface area (Å²) >= 11 is 0. The summed E-state index contributed by atoms with van der Waals surface area (Å²) in [4.78, 5) is 4.14. The van der Waals surface area contributed by atoms with Crippen molar-refractivity contribution in [3.63, 3.8) is 0 Å². The molecule has 0 amide bonds. The maximum absolute atomic E-state index is 13.4. The number of rotatable bonds is 3. The molecule has 3 heteroatoms. The van der Waals surface area contributed by atoms with Crippen LogP contribution in [0.2, 0.25) is 0 Å². The third-order valence-corrected chi connectivity index (χ3v) is 2.46. The second-order valence-corrected chi connectivity index (χ2v) is 3.76. The maximum atomic E-state index is 13.4. The minimum absolute atomic E-state index is 0.291. The molecule has 0 radical (unpaired) electrons. The first-order valence-corrected chi connectivity index (χ1v) is 5.56. The van der Waals surface area contributed by atoms with E-state index in [0.717, 1.165) is 16.8 Å². The van der Waals surface area contributed by atoms with E-state index in [9.17, 15) is 4.39 Å². The quantitative estimate of drug-likeness (QED) is 0.805. The summed E-state index contributed by atoms with van der Waals surface area (Å²) in [5, 5.41) is 0. The van der Waals surface area contributed by atoms with Gasteiger partial charge in [0, 0.05) is 11.9 Å². The molecule has 17 heavy (non-hydrogen) atoms. The first-order valence-electron chi connectivity index (χ1n) is 5.56. The Bertz CT molecular complexity index is 525. The second kappa shape index (κ2) is 4.95. The molecule has 0 bridgehead atoms. The van der Waals surface area contributed by atoms with Crippen molar-refractivity contribution in [2.24, 2.45) is 0 Å². The number of aryl methyl sites for hydroxylation is 1. The third kappa shape index (κ3) is 2.61. The van der Waals surface area contributed by atoms with Gasteiger partial charge in [-0.3, -0.25) is 4.98 Å². The summed E-state index contributed by atoms with van der Waals surface area (Å²) in [6, 6.07) is 8.75. The van der Waals surface area contributed by atoms with Crippen LogP contribution in [-0.4, -0.2) is 11.6 Å². The number of pyridine rings is 1. The zero-order valence-corrected chi connectivity index (χ0v) is 9.90. The molecule has 2 rings (SSSR count). The van der Waals surface area contributed by atoms with Crippen LogP contribution < -0.4 is 4.74 Å². The van der Waals surface area contributed by atoms with Gasteiger partial charge in [0.15, 0.2) is 11.6 Å². The average molecular weight is 231 g/mol. The lowest BCUT2D eigenvalue weighted by molar-refractivity contribution is 0.322. The Hall–Kier alpha value is -1.90. The van der Waals surface area contributed by atoms with Gasteiger partial charge in [0.25, 0.3) is 0 Å². The van der Waals surface area contributed by atoms with E-state index < -0.39 is 0 Å². The van der Waals surface area contributed by atoms with E-state index in [1.165, 1.54) is 6.07 Å². The minimum Gasteiger partial charge on any atom is -0.491 e. The van der Waals surface area contributed by atoms with E-state index in [1.807, 2.05) is 26.0 Å². The third-order valence-electron chi connectivity index (χ3n) is 2.46. The fourth-order valence-corrected chi connectivity index (χ4v) is 1.67. The van der Waals surface area contributed by atoms with Gasteiger partial charge in [-0.25, -0.2) is 4.39 Å². The predicted molar refractivity (Wildman–Crippen MR) is 65.5 cm³/mol. The highest BCUT2D eigenvalue weighted by molar-refractivity contribution is 5.65. The molecule has 0 aliphatic carbocycles. The molecule has 0 fully saturated rings. The van der Waals surface area contributed by atoms with Crippen molar-refractivity contribution in [3.8, 4) is 16.9 Å². The zero-order chi connectivity index (χ0) is 12.3. The van der Waals surface area contributed by atoms with Crippen LogP contribution in [0.5, 0.6) is 5.75 Å². The monoisotopic (exact) mass is 231 g/mol. The number of aromatic nitrogens is 1. The van der Waals surface area contributed by atoms with E-state index in [-0.39, 0.29) is 5.82 Å². The normalized spacial score (nSPS) is 10.3. The molecule has 0 aliphatic rings. The zero-order valence-electron chi connectivity index (χ0n) is 9.90. The van der Waals surface area contributed by atoms with Crippen LogP contribution in [0.1, 0.15) is 12.6 Å². The van der Waals surface area contributed by atoms with Gasteiger partial charge in [-0.05, 0) is 49.2 Å². The van der Waals surface area contributed by atoms with Crippen LogP contribution in [0.15, 0.2) is 36.5 Å². The lowest BCUT2D eigenvalue weighted by Gasteiger charge is -2.08. The molecule has 0 N–H and O–H groups in total. The molecule has 0 saturated heterocycles.